The van der Waals surface area contributed by atoms with Crippen molar-refractivity contribution in [3.8, 4) is 0 Å². The minimum absolute atomic E-state index is 0.0236. The molecule has 34 heavy (non-hydrogen) atoms. The van der Waals surface area contributed by atoms with Crippen LogP contribution in [-0.2, 0) is 14.3 Å². The van der Waals surface area contributed by atoms with Crippen LogP contribution in [0.3, 0.4) is 0 Å². The lowest BCUT2D eigenvalue weighted by atomic mass is 9.46. The van der Waals surface area contributed by atoms with Gasteiger partial charge < -0.3 is 21.5 Å². The first-order valence-corrected chi connectivity index (χ1v) is 12.9. The highest BCUT2D eigenvalue weighted by Gasteiger charge is 2.57. The van der Waals surface area contributed by atoms with Crippen LogP contribution in [0.1, 0.15) is 79.1 Å². The molecule has 1 saturated carbocycles. The van der Waals surface area contributed by atoms with Gasteiger partial charge in [-0.25, -0.2) is 4.79 Å². The van der Waals surface area contributed by atoms with Crippen LogP contribution >= 0.6 is 0 Å². The SMILES string of the molecule is COC(=O)[C@@H](CCCN=C(N)N)NC(=O)[C@]1(C)CCC[C@]2(C)[C@H]3CCC(C(C)C)=CC3=CC[C@@H]21. The molecule has 7 nitrogen and oxygen atoms in total. The van der Waals surface area contributed by atoms with E-state index in [0.29, 0.717) is 31.2 Å². The monoisotopic (exact) mass is 472 g/mol. The number of fused-ring (bicyclic) bond motifs is 3. The number of carbonyl (C=O) groups is 2. The van der Waals surface area contributed by atoms with Gasteiger partial charge in [-0.1, -0.05) is 51.8 Å². The Morgan fingerprint density at radius 3 is 2.65 bits per heavy atom. The lowest BCUT2D eigenvalue weighted by molar-refractivity contribution is -0.151. The zero-order chi connectivity index (χ0) is 25.1. The molecule has 0 aliphatic heterocycles. The number of amides is 1. The summed E-state index contributed by atoms with van der Waals surface area (Å²) in [6.45, 7) is 9.47. The minimum Gasteiger partial charge on any atom is -0.467 e. The lowest BCUT2D eigenvalue weighted by Gasteiger charge is -2.57. The summed E-state index contributed by atoms with van der Waals surface area (Å²) < 4.78 is 4.98. The third-order valence-corrected chi connectivity index (χ3v) is 8.83. The predicted octanol–water partition coefficient (Wildman–Crippen LogP) is 3.83. The van der Waals surface area contributed by atoms with Gasteiger partial charge in [0, 0.05) is 6.54 Å². The topological polar surface area (TPSA) is 120 Å². The maximum Gasteiger partial charge on any atom is 0.328 e. The third-order valence-electron chi connectivity index (χ3n) is 8.83. The normalized spacial score (nSPS) is 31.4. The molecule has 1 fully saturated rings. The summed E-state index contributed by atoms with van der Waals surface area (Å²) in [7, 11) is 1.35. The first-order chi connectivity index (χ1) is 16.0. The number of carbonyl (C=O) groups excluding carboxylic acids is 2. The highest BCUT2D eigenvalue weighted by molar-refractivity contribution is 5.88. The van der Waals surface area contributed by atoms with Crippen LogP contribution in [0.5, 0.6) is 0 Å². The molecule has 3 aliphatic rings. The fourth-order valence-electron chi connectivity index (χ4n) is 6.83. The number of nitrogens with one attached hydrogen (secondary N) is 1. The largest absolute Gasteiger partial charge is 0.467 e. The molecule has 0 saturated heterocycles. The summed E-state index contributed by atoms with van der Waals surface area (Å²) in [6, 6.07) is -0.697. The molecule has 190 valence electrons. The molecular weight excluding hydrogens is 428 g/mol. The van der Waals surface area contributed by atoms with E-state index in [1.165, 1.54) is 12.7 Å². The van der Waals surface area contributed by atoms with E-state index in [-0.39, 0.29) is 23.2 Å². The average molecular weight is 473 g/mol. The second-order valence-corrected chi connectivity index (χ2v) is 11.2. The number of nitrogens with zero attached hydrogens (tertiary/aromatic N) is 1. The van der Waals surface area contributed by atoms with Gasteiger partial charge in [0.15, 0.2) is 5.96 Å². The molecule has 5 atom stereocenters. The van der Waals surface area contributed by atoms with E-state index in [0.717, 1.165) is 38.5 Å². The number of aliphatic imine (C=N–C) groups is 1. The summed E-state index contributed by atoms with van der Waals surface area (Å²) in [6.07, 6.45) is 12.1. The summed E-state index contributed by atoms with van der Waals surface area (Å²) in [5, 5.41) is 3.05. The number of nitrogens with two attached hydrogens (primary N) is 2. The Kier molecular flexibility index (Phi) is 8.14. The van der Waals surface area contributed by atoms with E-state index >= 15 is 0 Å². The molecule has 0 aromatic rings. The van der Waals surface area contributed by atoms with Crippen LogP contribution in [-0.4, -0.2) is 37.5 Å². The number of rotatable bonds is 8. The third kappa shape index (κ3) is 5.18. The summed E-state index contributed by atoms with van der Waals surface area (Å²) in [5.74, 6) is 0.887. The zero-order valence-corrected chi connectivity index (χ0v) is 21.7. The van der Waals surface area contributed by atoms with Gasteiger partial charge in [-0.05, 0) is 73.7 Å². The molecule has 3 aliphatic carbocycles. The van der Waals surface area contributed by atoms with E-state index in [4.69, 9.17) is 16.2 Å². The van der Waals surface area contributed by atoms with Crippen molar-refractivity contribution >= 4 is 17.8 Å². The Hall–Kier alpha value is -2.31. The van der Waals surface area contributed by atoms with Gasteiger partial charge in [0.2, 0.25) is 5.91 Å². The van der Waals surface area contributed by atoms with Gasteiger partial charge in [0.25, 0.3) is 0 Å². The van der Waals surface area contributed by atoms with E-state index in [9.17, 15) is 9.59 Å². The van der Waals surface area contributed by atoms with Gasteiger partial charge >= 0.3 is 5.97 Å². The molecular formula is C27H44N4O3. The molecule has 0 spiro atoms. The Morgan fingerprint density at radius 1 is 1.26 bits per heavy atom. The second-order valence-electron chi connectivity index (χ2n) is 11.2. The van der Waals surface area contributed by atoms with Crippen LogP contribution in [0.25, 0.3) is 0 Å². The van der Waals surface area contributed by atoms with E-state index < -0.39 is 17.4 Å². The minimum atomic E-state index is -0.697. The Balaban J connectivity index is 1.80. The molecule has 5 N–H and O–H groups in total. The van der Waals surface area contributed by atoms with Gasteiger partial charge in [0.1, 0.15) is 6.04 Å². The number of hydrogen-bond acceptors (Lipinski definition) is 4. The Labute approximate surface area is 204 Å². The summed E-state index contributed by atoms with van der Waals surface area (Å²) in [5.41, 5.74) is 13.4. The van der Waals surface area contributed by atoms with Crippen LogP contribution < -0.4 is 16.8 Å². The number of hydrogen-bond donors (Lipinski definition) is 3. The number of methoxy groups -OCH3 is 1. The van der Waals surface area contributed by atoms with Crippen LogP contribution in [0, 0.1) is 28.6 Å². The van der Waals surface area contributed by atoms with Crippen molar-refractivity contribution in [3.63, 3.8) is 0 Å². The number of ether oxygens (including phenoxy) is 1. The fraction of sp³-hybridized carbons (Fsp3) is 0.741. The van der Waals surface area contributed by atoms with Crippen molar-refractivity contribution < 1.29 is 14.3 Å². The van der Waals surface area contributed by atoms with Crippen molar-refractivity contribution in [2.24, 2.45) is 45.0 Å². The highest BCUT2D eigenvalue weighted by Crippen LogP contribution is 2.62. The maximum atomic E-state index is 13.8. The quantitative estimate of drug-likeness (QED) is 0.215. The van der Waals surface area contributed by atoms with E-state index in [1.807, 2.05) is 0 Å². The predicted molar refractivity (Wildman–Crippen MR) is 136 cm³/mol. The Bertz CT molecular complexity index is 873. The molecule has 0 aromatic heterocycles. The van der Waals surface area contributed by atoms with Crippen molar-refractivity contribution in [1.29, 1.82) is 0 Å². The summed E-state index contributed by atoms with van der Waals surface area (Å²) >= 11 is 0. The van der Waals surface area contributed by atoms with E-state index in [2.05, 4.69) is 50.2 Å². The number of esters is 1. The van der Waals surface area contributed by atoms with Gasteiger partial charge in [-0.3, -0.25) is 9.79 Å². The van der Waals surface area contributed by atoms with Gasteiger partial charge in [-0.2, -0.15) is 0 Å². The zero-order valence-electron chi connectivity index (χ0n) is 21.7. The van der Waals surface area contributed by atoms with E-state index in [1.54, 1.807) is 5.57 Å². The molecule has 0 heterocycles. The number of allylic oxidation sites excluding steroid dienone is 4. The first-order valence-electron chi connectivity index (χ1n) is 12.9. The highest BCUT2D eigenvalue weighted by atomic mass is 16.5. The Morgan fingerprint density at radius 2 is 2.00 bits per heavy atom. The number of guanidine groups is 1. The smallest absolute Gasteiger partial charge is 0.328 e. The molecule has 0 radical (unpaired) electrons. The van der Waals surface area contributed by atoms with Crippen molar-refractivity contribution in [3.05, 3.63) is 23.3 Å². The molecule has 0 unspecified atom stereocenters. The summed E-state index contributed by atoms with van der Waals surface area (Å²) in [4.78, 5) is 30.2. The van der Waals surface area contributed by atoms with Crippen LogP contribution in [0.4, 0.5) is 0 Å². The fourth-order valence-corrected chi connectivity index (χ4v) is 6.83. The van der Waals surface area contributed by atoms with Crippen molar-refractivity contribution in [1.82, 2.24) is 5.32 Å². The molecule has 0 aromatic carbocycles. The van der Waals surface area contributed by atoms with Gasteiger partial charge in [0.05, 0.1) is 12.5 Å². The molecule has 7 heteroatoms. The molecule has 3 rings (SSSR count). The maximum absolute atomic E-state index is 13.8. The van der Waals surface area contributed by atoms with Crippen LogP contribution in [0.15, 0.2) is 28.3 Å². The lowest BCUT2D eigenvalue weighted by Crippen LogP contribution is -2.57. The standard InChI is InChI=1S/C27H44N4O3/c1-17(2)18-9-11-20-19(16-18)10-12-22-26(20,3)13-7-14-27(22,4)24(33)31-21(23(32)34-5)8-6-15-30-25(28)29/h10,16-17,20-22H,6-9,11-15H2,1-5H3,(H,31,33)(H4,28,29,30)/t20-,21+,22-,26+,27+/m0/s1. The first kappa shape index (κ1) is 26.3. The van der Waals surface area contributed by atoms with Crippen molar-refractivity contribution in [2.75, 3.05) is 13.7 Å². The average Bonchev–Trinajstić information content (AvgIpc) is 2.79. The molecule has 0 bridgehead atoms. The molecule has 1 amide bonds. The second kappa shape index (κ2) is 10.5. The van der Waals surface area contributed by atoms with Gasteiger partial charge in [-0.15, -0.1) is 0 Å². The van der Waals surface area contributed by atoms with Crippen molar-refractivity contribution in [2.45, 2.75) is 85.1 Å². The van der Waals surface area contributed by atoms with Crippen LogP contribution in [0.2, 0.25) is 0 Å².